The van der Waals surface area contributed by atoms with Crippen LogP contribution in [0.1, 0.15) is 57.8 Å². The molecule has 6 nitrogen and oxygen atoms in total. The predicted octanol–water partition coefficient (Wildman–Crippen LogP) is 1.98. The quantitative estimate of drug-likeness (QED) is 0.803. The van der Waals surface area contributed by atoms with Crippen LogP contribution < -0.4 is 5.32 Å². The summed E-state index contributed by atoms with van der Waals surface area (Å²) in [7, 11) is 0. The van der Waals surface area contributed by atoms with Gasteiger partial charge in [0.2, 0.25) is 11.8 Å². The molecular formula is C18H26F3N3O3. The molecule has 1 N–H and O–H groups in total. The van der Waals surface area contributed by atoms with Gasteiger partial charge in [0.05, 0.1) is 0 Å². The zero-order valence-corrected chi connectivity index (χ0v) is 15.3. The fourth-order valence-corrected chi connectivity index (χ4v) is 4.47. The molecule has 3 rings (SSSR count). The molecule has 0 radical (unpaired) electrons. The summed E-state index contributed by atoms with van der Waals surface area (Å²) in [5.74, 6) is -2.73. The zero-order valence-electron chi connectivity index (χ0n) is 15.3. The molecule has 0 spiro atoms. The molecule has 2 aliphatic heterocycles. The maximum Gasteiger partial charge on any atom is 0.471 e. The van der Waals surface area contributed by atoms with Gasteiger partial charge in [0, 0.05) is 19.1 Å². The van der Waals surface area contributed by atoms with Gasteiger partial charge < -0.3 is 15.1 Å². The molecule has 152 valence electrons. The number of carbonyl (C=O) groups excluding carboxylic acids is 3. The summed E-state index contributed by atoms with van der Waals surface area (Å²) in [5.41, 5.74) is 0. The van der Waals surface area contributed by atoms with Crippen LogP contribution in [0.2, 0.25) is 0 Å². The number of carbonyl (C=O) groups is 3. The third-order valence-electron chi connectivity index (χ3n) is 5.83. The maximum absolute atomic E-state index is 12.9. The van der Waals surface area contributed by atoms with Crippen molar-refractivity contribution >= 4 is 17.7 Å². The molecule has 2 atom stereocenters. The first-order valence-electron chi connectivity index (χ1n) is 9.77. The molecule has 1 aliphatic carbocycles. The third kappa shape index (κ3) is 4.38. The molecule has 27 heavy (non-hydrogen) atoms. The van der Waals surface area contributed by atoms with Crippen LogP contribution in [0.4, 0.5) is 13.2 Å². The summed E-state index contributed by atoms with van der Waals surface area (Å²) in [5, 5.41) is 3.00. The van der Waals surface area contributed by atoms with Crippen molar-refractivity contribution in [3.05, 3.63) is 0 Å². The summed E-state index contributed by atoms with van der Waals surface area (Å²) in [6.45, 7) is 0.258. The number of amides is 3. The van der Waals surface area contributed by atoms with E-state index in [2.05, 4.69) is 5.32 Å². The minimum absolute atomic E-state index is 0.0818. The van der Waals surface area contributed by atoms with E-state index >= 15 is 0 Å². The van der Waals surface area contributed by atoms with Crippen molar-refractivity contribution in [3.8, 4) is 0 Å². The lowest BCUT2D eigenvalue weighted by Crippen LogP contribution is -2.55. The number of nitrogens with one attached hydrogen (secondary N) is 1. The standard InChI is InChI=1S/C18H26F3N3O3/c19-18(20,21)17(27)24-11-5-9-14(24)16(26)23-10-4-8-13(23)15(25)22-12-6-2-1-3-7-12/h12-14H,1-11H2,(H,22,25)/t13-,14?/m0/s1. The van der Waals surface area contributed by atoms with Gasteiger partial charge >= 0.3 is 12.1 Å². The van der Waals surface area contributed by atoms with Crippen LogP contribution in [0.15, 0.2) is 0 Å². The smallest absolute Gasteiger partial charge is 0.352 e. The minimum Gasteiger partial charge on any atom is -0.352 e. The van der Waals surface area contributed by atoms with Crippen molar-refractivity contribution in [2.45, 2.75) is 82.1 Å². The Morgan fingerprint density at radius 2 is 1.37 bits per heavy atom. The lowest BCUT2D eigenvalue weighted by atomic mass is 9.95. The Bertz CT molecular complexity index is 590. The normalized spacial score (nSPS) is 27.1. The summed E-state index contributed by atoms with van der Waals surface area (Å²) < 4.78 is 38.4. The van der Waals surface area contributed by atoms with Gasteiger partial charge in [-0.1, -0.05) is 19.3 Å². The van der Waals surface area contributed by atoms with Gasteiger partial charge in [0.1, 0.15) is 12.1 Å². The van der Waals surface area contributed by atoms with Crippen LogP contribution in [0.5, 0.6) is 0 Å². The molecule has 3 amide bonds. The van der Waals surface area contributed by atoms with Crippen LogP contribution >= 0.6 is 0 Å². The van der Waals surface area contributed by atoms with Gasteiger partial charge in [0.15, 0.2) is 0 Å². The second kappa shape index (κ2) is 8.06. The molecule has 0 bridgehead atoms. The van der Waals surface area contributed by atoms with Crippen LogP contribution in [0.25, 0.3) is 0 Å². The van der Waals surface area contributed by atoms with E-state index in [1.54, 1.807) is 0 Å². The molecule has 1 unspecified atom stereocenters. The van der Waals surface area contributed by atoms with Crippen LogP contribution in [-0.4, -0.2) is 64.9 Å². The Morgan fingerprint density at radius 3 is 2.00 bits per heavy atom. The number of likely N-dealkylation sites (tertiary alicyclic amines) is 2. The molecule has 0 aromatic rings. The molecule has 2 saturated heterocycles. The van der Waals surface area contributed by atoms with Gasteiger partial charge in [-0.15, -0.1) is 0 Å². The van der Waals surface area contributed by atoms with E-state index in [0.29, 0.717) is 30.7 Å². The van der Waals surface area contributed by atoms with Crippen LogP contribution in [-0.2, 0) is 14.4 Å². The van der Waals surface area contributed by atoms with E-state index in [4.69, 9.17) is 0 Å². The Kier molecular flexibility index (Phi) is 5.95. The molecule has 2 heterocycles. The Morgan fingerprint density at radius 1 is 0.778 bits per heavy atom. The summed E-state index contributed by atoms with van der Waals surface area (Å²) in [6.07, 6.45) is 1.82. The van der Waals surface area contributed by atoms with E-state index < -0.39 is 30.1 Å². The molecular weight excluding hydrogens is 363 g/mol. The number of hydrogen-bond donors (Lipinski definition) is 1. The molecule has 3 fully saturated rings. The van der Waals surface area contributed by atoms with E-state index in [1.807, 2.05) is 0 Å². The second-order valence-corrected chi connectivity index (χ2v) is 7.69. The Balaban J connectivity index is 1.65. The van der Waals surface area contributed by atoms with Crippen molar-refractivity contribution < 1.29 is 27.6 Å². The second-order valence-electron chi connectivity index (χ2n) is 7.69. The van der Waals surface area contributed by atoms with Crippen molar-refractivity contribution in [2.24, 2.45) is 0 Å². The van der Waals surface area contributed by atoms with Crippen molar-refractivity contribution in [1.29, 1.82) is 0 Å². The van der Waals surface area contributed by atoms with E-state index in [0.717, 1.165) is 32.1 Å². The van der Waals surface area contributed by atoms with Gasteiger partial charge in [-0.25, -0.2) is 0 Å². The monoisotopic (exact) mass is 389 g/mol. The zero-order chi connectivity index (χ0) is 19.6. The van der Waals surface area contributed by atoms with Crippen LogP contribution in [0, 0.1) is 0 Å². The van der Waals surface area contributed by atoms with Gasteiger partial charge in [-0.05, 0) is 38.5 Å². The average molecular weight is 389 g/mol. The summed E-state index contributed by atoms with van der Waals surface area (Å²) >= 11 is 0. The number of rotatable bonds is 3. The Labute approximate surface area is 156 Å². The molecule has 0 aromatic carbocycles. The minimum atomic E-state index is -4.99. The summed E-state index contributed by atoms with van der Waals surface area (Å²) in [6, 6.07) is -1.66. The Hall–Kier alpha value is -1.80. The molecule has 9 heteroatoms. The summed E-state index contributed by atoms with van der Waals surface area (Å²) in [4.78, 5) is 39.2. The first-order valence-corrected chi connectivity index (χ1v) is 9.77. The molecule has 1 saturated carbocycles. The van der Waals surface area contributed by atoms with Gasteiger partial charge in [-0.2, -0.15) is 13.2 Å². The average Bonchev–Trinajstić information content (AvgIpc) is 3.30. The number of nitrogens with zero attached hydrogens (tertiary/aromatic N) is 2. The lowest BCUT2D eigenvalue weighted by molar-refractivity contribution is -0.187. The predicted molar refractivity (Wildman–Crippen MR) is 90.5 cm³/mol. The molecule has 3 aliphatic rings. The number of halogens is 3. The number of alkyl halides is 3. The SMILES string of the molecule is O=C(NC1CCCCC1)[C@@H]1CCCN1C(=O)C1CCCN1C(=O)C(F)(F)F. The van der Waals surface area contributed by atoms with E-state index in [1.165, 1.54) is 4.90 Å². The van der Waals surface area contributed by atoms with Crippen LogP contribution in [0.3, 0.4) is 0 Å². The first-order chi connectivity index (χ1) is 12.8. The fourth-order valence-electron chi connectivity index (χ4n) is 4.47. The van der Waals surface area contributed by atoms with Crippen molar-refractivity contribution in [3.63, 3.8) is 0 Å². The molecule has 0 aromatic heterocycles. The lowest BCUT2D eigenvalue weighted by Gasteiger charge is -2.32. The van der Waals surface area contributed by atoms with Gasteiger partial charge in [0.25, 0.3) is 0 Å². The van der Waals surface area contributed by atoms with E-state index in [-0.39, 0.29) is 24.9 Å². The highest BCUT2D eigenvalue weighted by Crippen LogP contribution is 2.29. The first kappa shape index (κ1) is 19.9. The fraction of sp³-hybridized carbons (Fsp3) is 0.833. The topological polar surface area (TPSA) is 69.7 Å². The highest BCUT2D eigenvalue weighted by atomic mass is 19.4. The highest BCUT2D eigenvalue weighted by Gasteiger charge is 2.49. The van der Waals surface area contributed by atoms with Crippen molar-refractivity contribution in [2.75, 3.05) is 13.1 Å². The van der Waals surface area contributed by atoms with E-state index in [9.17, 15) is 27.6 Å². The largest absolute Gasteiger partial charge is 0.471 e. The third-order valence-corrected chi connectivity index (χ3v) is 5.83. The number of hydrogen-bond acceptors (Lipinski definition) is 3. The van der Waals surface area contributed by atoms with Crippen molar-refractivity contribution in [1.82, 2.24) is 15.1 Å². The highest BCUT2D eigenvalue weighted by molar-refractivity contribution is 5.94. The maximum atomic E-state index is 12.9. The van der Waals surface area contributed by atoms with Gasteiger partial charge in [-0.3, -0.25) is 14.4 Å².